The molecule has 4 rings (SSSR count). The van der Waals surface area contributed by atoms with Crippen molar-refractivity contribution in [1.29, 1.82) is 0 Å². The molecule has 0 aromatic carbocycles. The number of aliphatic hydroxyl groups is 1. The summed E-state index contributed by atoms with van der Waals surface area (Å²) in [6.45, 7) is 6.09. The van der Waals surface area contributed by atoms with Gasteiger partial charge in [-0.2, -0.15) is 4.98 Å². The van der Waals surface area contributed by atoms with Gasteiger partial charge < -0.3 is 19.4 Å². The molecule has 4 heterocycles. The molecule has 2 aromatic heterocycles. The Morgan fingerprint density at radius 2 is 2.00 bits per heavy atom. The number of piperidine rings is 1. The van der Waals surface area contributed by atoms with Gasteiger partial charge in [0, 0.05) is 58.3 Å². The summed E-state index contributed by atoms with van der Waals surface area (Å²) in [5.74, 6) is 2.67. The lowest BCUT2D eigenvalue weighted by atomic mass is 10.0. The van der Waals surface area contributed by atoms with E-state index in [9.17, 15) is 5.11 Å². The molecule has 146 valence electrons. The van der Waals surface area contributed by atoms with E-state index in [1.54, 1.807) is 0 Å². The number of hydrogen-bond donors (Lipinski definition) is 1. The summed E-state index contributed by atoms with van der Waals surface area (Å²) < 4.78 is 5.40. The molecule has 0 atom stereocenters. The molecule has 0 radical (unpaired) electrons. The first-order valence-corrected chi connectivity index (χ1v) is 9.64. The largest absolute Gasteiger partial charge is 0.393 e. The van der Waals surface area contributed by atoms with Crippen molar-refractivity contribution in [2.45, 2.75) is 45.4 Å². The van der Waals surface area contributed by atoms with Gasteiger partial charge >= 0.3 is 0 Å². The van der Waals surface area contributed by atoms with Crippen LogP contribution in [0.1, 0.15) is 35.6 Å². The minimum atomic E-state index is -0.196. The average molecular weight is 372 g/mol. The van der Waals surface area contributed by atoms with Crippen molar-refractivity contribution in [2.24, 2.45) is 0 Å². The van der Waals surface area contributed by atoms with E-state index in [1.807, 2.05) is 32.0 Å². The molecule has 8 heteroatoms. The van der Waals surface area contributed by atoms with E-state index < -0.39 is 0 Å². The number of anilines is 2. The summed E-state index contributed by atoms with van der Waals surface area (Å²) in [5, 5.41) is 13.9. The van der Waals surface area contributed by atoms with Crippen molar-refractivity contribution in [2.75, 3.05) is 43.5 Å². The molecule has 2 aliphatic rings. The van der Waals surface area contributed by atoms with Crippen LogP contribution in [-0.2, 0) is 19.5 Å². The fourth-order valence-corrected chi connectivity index (χ4v) is 3.83. The van der Waals surface area contributed by atoms with Gasteiger partial charge in [0.1, 0.15) is 5.82 Å². The number of hydrogen-bond acceptors (Lipinski definition) is 8. The summed E-state index contributed by atoms with van der Waals surface area (Å²) in [5.41, 5.74) is 3.26. The van der Waals surface area contributed by atoms with E-state index in [4.69, 9.17) is 14.5 Å². The Kier molecular flexibility index (Phi) is 5.01. The lowest BCUT2D eigenvalue weighted by Gasteiger charge is -2.35. The van der Waals surface area contributed by atoms with E-state index >= 15 is 0 Å². The van der Waals surface area contributed by atoms with Crippen molar-refractivity contribution in [3.05, 3.63) is 28.8 Å². The second kappa shape index (κ2) is 7.44. The highest BCUT2D eigenvalue weighted by molar-refractivity contribution is 5.54. The van der Waals surface area contributed by atoms with Gasteiger partial charge in [-0.3, -0.25) is 4.90 Å². The standard InChI is InChI=1S/C19H28N6O2/c1-13-10-15(27-22-13)11-24-7-6-17-16(12-24)18(21-19(20-17)23(2)3)25-8-4-14(26)5-9-25/h10,14,26H,4-9,11-12H2,1-3H3. The molecule has 0 unspecified atom stereocenters. The Morgan fingerprint density at radius 1 is 1.22 bits per heavy atom. The van der Waals surface area contributed by atoms with Crippen LogP contribution in [0.5, 0.6) is 0 Å². The number of fused-ring (bicyclic) bond motifs is 1. The lowest BCUT2D eigenvalue weighted by Crippen LogP contribution is -2.39. The third-order valence-electron chi connectivity index (χ3n) is 5.33. The van der Waals surface area contributed by atoms with E-state index in [1.165, 1.54) is 5.56 Å². The van der Waals surface area contributed by atoms with Crippen LogP contribution in [0.4, 0.5) is 11.8 Å². The Hall–Kier alpha value is -2.19. The van der Waals surface area contributed by atoms with Crippen LogP contribution >= 0.6 is 0 Å². The highest BCUT2D eigenvalue weighted by Crippen LogP contribution is 2.31. The zero-order valence-corrected chi connectivity index (χ0v) is 16.4. The van der Waals surface area contributed by atoms with E-state index in [0.717, 1.165) is 80.9 Å². The second-order valence-electron chi connectivity index (χ2n) is 7.78. The van der Waals surface area contributed by atoms with Gasteiger partial charge in [0.05, 0.1) is 24.0 Å². The minimum absolute atomic E-state index is 0.196. The van der Waals surface area contributed by atoms with Crippen LogP contribution in [0.15, 0.2) is 10.6 Å². The first-order chi connectivity index (χ1) is 13.0. The Labute approximate surface area is 159 Å². The van der Waals surface area contributed by atoms with Gasteiger partial charge in [-0.15, -0.1) is 0 Å². The predicted octanol–water partition coefficient (Wildman–Crippen LogP) is 1.36. The van der Waals surface area contributed by atoms with E-state index in [-0.39, 0.29) is 6.10 Å². The molecule has 27 heavy (non-hydrogen) atoms. The first-order valence-electron chi connectivity index (χ1n) is 9.64. The minimum Gasteiger partial charge on any atom is -0.393 e. The summed E-state index contributed by atoms with van der Waals surface area (Å²) in [4.78, 5) is 16.3. The quantitative estimate of drug-likeness (QED) is 0.862. The summed E-state index contributed by atoms with van der Waals surface area (Å²) in [6.07, 6.45) is 2.28. The van der Waals surface area contributed by atoms with Crippen LogP contribution in [0.25, 0.3) is 0 Å². The molecule has 0 amide bonds. The first kappa shape index (κ1) is 18.2. The molecule has 0 aliphatic carbocycles. The summed E-state index contributed by atoms with van der Waals surface area (Å²) in [7, 11) is 3.96. The van der Waals surface area contributed by atoms with Gasteiger partial charge in [0.25, 0.3) is 0 Å². The monoisotopic (exact) mass is 372 g/mol. The van der Waals surface area contributed by atoms with Gasteiger partial charge in [-0.05, 0) is 19.8 Å². The van der Waals surface area contributed by atoms with Crippen LogP contribution in [-0.4, -0.2) is 65.0 Å². The third kappa shape index (κ3) is 3.91. The molecule has 0 spiro atoms. The lowest BCUT2D eigenvalue weighted by molar-refractivity contribution is 0.145. The van der Waals surface area contributed by atoms with Crippen molar-refractivity contribution in [1.82, 2.24) is 20.0 Å². The summed E-state index contributed by atoms with van der Waals surface area (Å²) in [6, 6.07) is 1.99. The van der Waals surface area contributed by atoms with Crippen molar-refractivity contribution in [3.8, 4) is 0 Å². The number of aryl methyl sites for hydroxylation is 1. The highest BCUT2D eigenvalue weighted by atomic mass is 16.5. The van der Waals surface area contributed by atoms with Crippen LogP contribution in [0, 0.1) is 6.92 Å². The molecule has 1 saturated heterocycles. The fraction of sp³-hybridized carbons (Fsp3) is 0.632. The topological polar surface area (TPSA) is 81.8 Å². The van der Waals surface area contributed by atoms with Crippen LogP contribution in [0.3, 0.4) is 0 Å². The molecule has 2 aromatic rings. The Bertz CT molecular complexity index is 797. The zero-order chi connectivity index (χ0) is 19.0. The zero-order valence-electron chi connectivity index (χ0n) is 16.4. The Balaban J connectivity index is 1.61. The van der Waals surface area contributed by atoms with Gasteiger partial charge in [-0.25, -0.2) is 4.98 Å². The van der Waals surface area contributed by atoms with Crippen LogP contribution < -0.4 is 9.80 Å². The van der Waals surface area contributed by atoms with E-state index in [0.29, 0.717) is 0 Å². The predicted molar refractivity (Wildman–Crippen MR) is 103 cm³/mol. The van der Waals surface area contributed by atoms with Crippen molar-refractivity contribution < 1.29 is 9.63 Å². The number of rotatable bonds is 4. The molecule has 8 nitrogen and oxygen atoms in total. The number of aliphatic hydroxyl groups excluding tert-OH is 1. The maximum absolute atomic E-state index is 9.87. The fourth-order valence-electron chi connectivity index (χ4n) is 3.83. The molecule has 2 aliphatic heterocycles. The molecular weight excluding hydrogens is 344 g/mol. The highest BCUT2D eigenvalue weighted by Gasteiger charge is 2.28. The smallest absolute Gasteiger partial charge is 0.227 e. The molecule has 1 N–H and O–H groups in total. The third-order valence-corrected chi connectivity index (χ3v) is 5.33. The normalized spacial score (nSPS) is 18.6. The molecule has 0 saturated carbocycles. The van der Waals surface area contributed by atoms with Gasteiger partial charge in [-0.1, -0.05) is 5.16 Å². The summed E-state index contributed by atoms with van der Waals surface area (Å²) >= 11 is 0. The number of aromatic nitrogens is 3. The van der Waals surface area contributed by atoms with Crippen molar-refractivity contribution >= 4 is 11.8 Å². The SMILES string of the molecule is Cc1cc(CN2CCc3nc(N(C)C)nc(N4CCC(O)CC4)c3C2)on1. The van der Waals surface area contributed by atoms with Crippen LogP contribution in [0.2, 0.25) is 0 Å². The maximum atomic E-state index is 9.87. The molecule has 1 fully saturated rings. The number of nitrogens with zero attached hydrogens (tertiary/aromatic N) is 6. The van der Waals surface area contributed by atoms with Gasteiger partial charge in [0.2, 0.25) is 5.95 Å². The second-order valence-corrected chi connectivity index (χ2v) is 7.78. The van der Waals surface area contributed by atoms with Gasteiger partial charge in [0.15, 0.2) is 5.76 Å². The molecule has 0 bridgehead atoms. The van der Waals surface area contributed by atoms with Crippen molar-refractivity contribution in [3.63, 3.8) is 0 Å². The van der Waals surface area contributed by atoms with E-state index in [2.05, 4.69) is 15.0 Å². The molecular formula is C19H28N6O2. The average Bonchev–Trinajstić information content (AvgIpc) is 3.06. The Morgan fingerprint density at radius 3 is 2.67 bits per heavy atom. The maximum Gasteiger partial charge on any atom is 0.227 e.